The summed E-state index contributed by atoms with van der Waals surface area (Å²) in [6, 6.07) is 9.89. The van der Waals surface area contributed by atoms with Crippen LogP contribution in [0.4, 0.5) is 4.39 Å². The number of hydrogen-bond acceptors (Lipinski definition) is 3. The van der Waals surface area contributed by atoms with E-state index in [9.17, 15) is 4.39 Å². The van der Waals surface area contributed by atoms with Gasteiger partial charge >= 0.3 is 0 Å². The predicted molar refractivity (Wildman–Crippen MR) is 58.9 cm³/mol. The molecule has 16 heavy (non-hydrogen) atoms. The van der Waals surface area contributed by atoms with Gasteiger partial charge in [0.1, 0.15) is 11.6 Å². The molecule has 0 saturated heterocycles. The Hall–Kier alpha value is -1.65. The first kappa shape index (κ1) is 10.9. The second-order valence-corrected chi connectivity index (χ2v) is 3.56. The molecule has 3 nitrogen and oxygen atoms in total. The molecule has 1 aromatic heterocycles. The van der Waals surface area contributed by atoms with Crippen molar-refractivity contribution in [1.82, 2.24) is 5.43 Å². The van der Waals surface area contributed by atoms with Crippen LogP contribution in [-0.2, 0) is 6.42 Å². The number of hydrazine groups is 1. The lowest BCUT2D eigenvalue weighted by atomic mass is 10.0. The molecule has 0 amide bonds. The molecule has 0 aliphatic carbocycles. The van der Waals surface area contributed by atoms with Gasteiger partial charge in [0.2, 0.25) is 0 Å². The van der Waals surface area contributed by atoms with Crippen LogP contribution >= 0.6 is 0 Å². The molecular weight excluding hydrogens is 207 g/mol. The van der Waals surface area contributed by atoms with Gasteiger partial charge in [0.05, 0.1) is 12.3 Å². The highest BCUT2D eigenvalue weighted by Crippen LogP contribution is 2.18. The highest BCUT2D eigenvalue weighted by Gasteiger charge is 2.12. The molecule has 1 heterocycles. The summed E-state index contributed by atoms with van der Waals surface area (Å²) in [6.07, 6.45) is 2.20. The number of hydrogen-bond donors (Lipinski definition) is 2. The summed E-state index contributed by atoms with van der Waals surface area (Å²) < 4.78 is 18.3. The number of furan rings is 1. The molecule has 2 aromatic rings. The number of nitrogens with two attached hydrogens (primary N) is 1. The summed E-state index contributed by atoms with van der Waals surface area (Å²) in [5.74, 6) is 6.00. The van der Waals surface area contributed by atoms with Crippen molar-refractivity contribution in [1.29, 1.82) is 0 Å². The SMILES string of the molecule is NNC(Cc1ccco1)c1cccc(F)c1. The minimum Gasteiger partial charge on any atom is -0.469 e. The third kappa shape index (κ3) is 2.48. The van der Waals surface area contributed by atoms with Gasteiger partial charge in [0, 0.05) is 6.42 Å². The van der Waals surface area contributed by atoms with Crippen molar-refractivity contribution in [3.8, 4) is 0 Å². The quantitative estimate of drug-likeness (QED) is 0.613. The van der Waals surface area contributed by atoms with Crippen LogP contribution in [0.2, 0.25) is 0 Å². The molecule has 0 aliphatic heterocycles. The minimum atomic E-state index is -0.266. The van der Waals surface area contributed by atoms with Crippen molar-refractivity contribution in [2.45, 2.75) is 12.5 Å². The van der Waals surface area contributed by atoms with E-state index >= 15 is 0 Å². The molecule has 1 atom stereocenters. The maximum absolute atomic E-state index is 13.1. The summed E-state index contributed by atoms with van der Waals surface area (Å²) >= 11 is 0. The highest BCUT2D eigenvalue weighted by atomic mass is 19.1. The van der Waals surface area contributed by atoms with Gasteiger partial charge in [-0.25, -0.2) is 4.39 Å². The lowest BCUT2D eigenvalue weighted by Gasteiger charge is -2.14. The third-order valence-electron chi connectivity index (χ3n) is 2.44. The number of rotatable bonds is 4. The van der Waals surface area contributed by atoms with Crippen molar-refractivity contribution < 1.29 is 8.81 Å². The zero-order valence-corrected chi connectivity index (χ0v) is 8.69. The smallest absolute Gasteiger partial charge is 0.123 e. The summed E-state index contributed by atoms with van der Waals surface area (Å²) in [6.45, 7) is 0. The second kappa shape index (κ2) is 4.92. The average molecular weight is 220 g/mol. The van der Waals surface area contributed by atoms with Crippen LogP contribution in [-0.4, -0.2) is 0 Å². The van der Waals surface area contributed by atoms with Gasteiger partial charge in [-0.15, -0.1) is 0 Å². The second-order valence-electron chi connectivity index (χ2n) is 3.56. The Morgan fingerprint density at radius 2 is 2.19 bits per heavy atom. The van der Waals surface area contributed by atoms with Gasteiger partial charge in [-0.05, 0) is 29.8 Å². The van der Waals surface area contributed by atoms with E-state index in [-0.39, 0.29) is 11.9 Å². The van der Waals surface area contributed by atoms with Crippen LogP contribution in [0.25, 0.3) is 0 Å². The minimum absolute atomic E-state index is 0.151. The van der Waals surface area contributed by atoms with Crippen LogP contribution in [0.5, 0.6) is 0 Å². The van der Waals surface area contributed by atoms with Gasteiger partial charge in [-0.3, -0.25) is 11.3 Å². The van der Waals surface area contributed by atoms with Crippen LogP contribution in [0.15, 0.2) is 47.1 Å². The van der Waals surface area contributed by atoms with E-state index in [1.165, 1.54) is 12.1 Å². The first-order valence-corrected chi connectivity index (χ1v) is 5.03. The van der Waals surface area contributed by atoms with E-state index in [1.54, 1.807) is 12.3 Å². The largest absolute Gasteiger partial charge is 0.469 e. The first-order valence-electron chi connectivity index (χ1n) is 5.03. The Morgan fingerprint density at radius 1 is 1.31 bits per heavy atom. The molecule has 4 heteroatoms. The summed E-state index contributed by atoms with van der Waals surface area (Å²) in [4.78, 5) is 0. The fourth-order valence-electron chi connectivity index (χ4n) is 1.63. The van der Waals surface area contributed by atoms with Crippen LogP contribution < -0.4 is 11.3 Å². The molecule has 0 radical (unpaired) electrons. The molecule has 1 aromatic carbocycles. The number of halogens is 1. The van der Waals surface area contributed by atoms with Gasteiger partial charge in [0.25, 0.3) is 0 Å². The molecule has 2 rings (SSSR count). The number of benzene rings is 1. The van der Waals surface area contributed by atoms with Crippen LogP contribution in [0, 0.1) is 5.82 Å². The van der Waals surface area contributed by atoms with E-state index in [0.29, 0.717) is 6.42 Å². The highest BCUT2D eigenvalue weighted by molar-refractivity contribution is 5.21. The van der Waals surface area contributed by atoms with E-state index < -0.39 is 0 Å². The predicted octanol–water partition coefficient (Wildman–Crippen LogP) is 2.17. The Bertz CT molecular complexity index is 442. The lowest BCUT2D eigenvalue weighted by Crippen LogP contribution is -2.29. The Morgan fingerprint density at radius 3 is 2.81 bits per heavy atom. The monoisotopic (exact) mass is 220 g/mol. The summed E-state index contributed by atoms with van der Waals surface area (Å²) in [5, 5.41) is 0. The van der Waals surface area contributed by atoms with Crippen LogP contribution in [0.3, 0.4) is 0 Å². The zero-order valence-electron chi connectivity index (χ0n) is 8.69. The zero-order chi connectivity index (χ0) is 11.4. The number of nitrogens with one attached hydrogen (secondary N) is 1. The van der Waals surface area contributed by atoms with Crippen molar-refractivity contribution in [3.05, 3.63) is 59.8 Å². The summed E-state index contributed by atoms with van der Waals surface area (Å²) in [5.41, 5.74) is 3.46. The molecule has 0 saturated carbocycles. The topological polar surface area (TPSA) is 51.2 Å². The maximum atomic E-state index is 13.1. The molecule has 1 unspecified atom stereocenters. The van der Waals surface area contributed by atoms with Crippen molar-refractivity contribution >= 4 is 0 Å². The Balaban J connectivity index is 2.16. The van der Waals surface area contributed by atoms with Gasteiger partial charge < -0.3 is 4.42 Å². The average Bonchev–Trinajstić information content (AvgIpc) is 2.78. The Kier molecular flexibility index (Phi) is 3.34. The van der Waals surface area contributed by atoms with Crippen molar-refractivity contribution in [3.63, 3.8) is 0 Å². The van der Waals surface area contributed by atoms with Crippen molar-refractivity contribution in [2.24, 2.45) is 5.84 Å². The van der Waals surface area contributed by atoms with Gasteiger partial charge in [-0.1, -0.05) is 12.1 Å². The fraction of sp³-hybridized carbons (Fsp3) is 0.167. The van der Waals surface area contributed by atoms with E-state index in [4.69, 9.17) is 10.3 Å². The maximum Gasteiger partial charge on any atom is 0.123 e. The fourth-order valence-corrected chi connectivity index (χ4v) is 1.63. The lowest BCUT2D eigenvalue weighted by molar-refractivity contribution is 0.453. The first-order chi connectivity index (χ1) is 7.79. The van der Waals surface area contributed by atoms with Gasteiger partial charge in [-0.2, -0.15) is 0 Å². The molecule has 0 aliphatic rings. The normalized spacial score (nSPS) is 12.6. The Labute approximate surface area is 93.0 Å². The van der Waals surface area contributed by atoms with Gasteiger partial charge in [0.15, 0.2) is 0 Å². The molecule has 0 spiro atoms. The van der Waals surface area contributed by atoms with Crippen LogP contribution in [0.1, 0.15) is 17.4 Å². The van der Waals surface area contributed by atoms with Crippen molar-refractivity contribution in [2.75, 3.05) is 0 Å². The standard InChI is InChI=1S/C12H13FN2O/c13-10-4-1-3-9(7-10)12(15-14)8-11-5-2-6-16-11/h1-7,12,15H,8,14H2. The molecule has 0 fully saturated rings. The van der Waals surface area contributed by atoms with E-state index in [1.807, 2.05) is 18.2 Å². The molecular formula is C12H13FN2O. The summed E-state index contributed by atoms with van der Waals surface area (Å²) in [7, 11) is 0. The molecule has 0 bridgehead atoms. The third-order valence-corrected chi connectivity index (χ3v) is 2.44. The molecule has 84 valence electrons. The molecule has 3 N–H and O–H groups in total. The van der Waals surface area contributed by atoms with E-state index in [0.717, 1.165) is 11.3 Å². The van der Waals surface area contributed by atoms with E-state index in [2.05, 4.69) is 5.43 Å².